The van der Waals surface area contributed by atoms with Crippen molar-refractivity contribution in [2.24, 2.45) is 10.2 Å². The van der Waals surface area contributed by atoms with Crippen molar-refractivity contribution in [3.8, 4) is 0 Å². The first-order valence-electron chi connectivity index (χ1n) is 4.44. The minimum absolute atomic E-state index is 0.416. The Morgan fingerprint density at radius 1 is 0.867 bits per heavy atom. The average Bonchev–Trinajstić information content (AvgIpc) is 2.28. The Labute approximate surface area is 92.5 Å². The molecule has 1 heterocycles. The standard InChI is InChI=1S/C11H8ClN3/c12-10-7-4-8-11(13-10)15-14-9-5-2-1-3-6-9/h1-8H. The fraction of sp³-hybridized carbons (Fsp3) is 0. The number of azo groups is 1. The lowest BCUT2D eigenvalue weighted by atomic mass is 10.3. The van der Waals surface area contributed by atoms with Crippen molar-refractivity contribution in [2.45, 2.75) is 0 Å². The second-order valence-electron chi connectivity index (χ2n) is 2.85. The van der Waals surface area contributed by atoms with Crippen LogP contribution in [0.1, 0.15) is 0 Å². The van der Waals surface area contributed by atoms with Crippen LogP contribution in [0, 0.1) is 0 Å². The first-order chi connectivity index (χ1) is 7.34. The molecule has 0 unspecified atom stereocenters. The lowest BCUT2D eigenvalue weighted by Crippen LogP contribution is -1.72. The number of aromatic nitrogens is 1. The third kappa shape index (κ3) is 2.86. The topological polar surface area (TPSA) is 37.6 Å². The van der Waals surface area contributed by atoms with Crippen LogP contribution < -0.4 is 0 Å². The van der Waals surface area contributed by atoms with Gasteiger partial charge in [-0.2, -0.15) is 0 Å². The van der Waals surface area contributed by atoms with E-state index in [4.69, 9.17) is 11.6 Å². The van der Waals surface area contributed by atoms with Gasteiger partial charge in [-0.3, -0.25) is 0 Å². The van der Waals surface area contributed by atoms with E-state index in [1.807, 2.05) is 30.3 Å². The molecule has 2 aromatic rings. The molecular weight excluding hydrogens is 210 g/mol. The van der Waals surface area contributed by atoms with Crippen LogP contribution in [-0.2, 0) is 0 Å². The van der Waals surface area contributed by atoms with Crippen molar-refractivity contribution in [3.05, 3.63) is 53.7 Å². The Balaban J connectivity index is 2.19. The molecule has 0 N–H and O–H groups in total. The van der Waals surface area contributed by atoms with Crippen molar-refractivity contribution in [1.29, 1.82) is 0 Å². The van der Waals surface area contributed by atoms with Gasteiger partial charge in [-0.1, -0.05) is 35.9 Å². The summed E-state index contributed by atoms with van der Waals surface area (Å²) in [5.74, 6) is 0.506. The van der Waals surface area contributed by atoms with Crippen molar-refractivity contribution >= 4 is 23.1 Å². The zero-order chi connectivity index (χ0) is 10.5. The highest BCUT2D eigenvalue weighted by molar-refractivity contribution is 6.29. The Morgan fingerprint density at radius 3 is 2.40 bits per heavy atom. The van der Waals surface area contributed by atoms with Crippen molar-refractivity contribution < 1.29 is 0 Å². The molecule has 0 fully saturated rings. The maximum absolute atomic E-state index is 5.71. The van der Waals surface area contributed by atoms with E-state index in [9.17, 15) is 0 Å². The molecular formula is C11H8ClN3. The summed E-state index contributed by atoms with van der Waals surface area (Å²) >= 11 is 5.71. The molecule has 15 heavy (non-hydrogen) atoms. The number of hydrogen-bond acceptors (Lipinski definition) is 3. The molecule has 1 aromatic carbocycles. The molecule has 0 aliphatic heterocycles. The fourth-order valence-electron chi connectivity index (χ4n) is 1.06. The molecule has 0 saturated heterocycles. The van der Waals surface area contributed by atoms with E-state index in [1.165, 1.54) is 0 Å². The van der Waals surface area contributed by atoms with Gasteiger partial charge in [0.25, 0.3) is 0 Å². The van der Waals surface area contributed by atoms with Crippen molar-refractivity contribution in [2.75, 3.05) is 0 Å². The molecule has 4 heteroatoms. The quantitative estimate of drug-likeness (QED) is 0.550. The zero-order valence-corrected chi connectivity index (χ0v) is 8.59. The van der Waals surface area contributed by atoms with E-state index in [0.717, 1.165) is 5.69 Å². The van der Waals surface area contributed by atoms with E-state index >= 15 is 0 Å². The molecule has 1 aromatic heterocycles. The molecule has 0 radical (unpaired) electrons. The van der Waals surface area contributed by atoms with Crippen LogP contribution in [0.25, 0.3) is 0 Å². The van der Waals surface area contributed by atoms with E-state index < -0.39 is 0 Å². The molecule has 0 aliphatic carbocycles. The third-order valence-corrected chi connectivity index (χ3v) is 1.94. The van der Waals surface area contributed by atoms with E-state index in [2.05, 4.69) is 15.2 Å². The summed E-state index contributed by atoms with van der Waals surface area (Å²) in [7, 11) is 0. The van der Waals surface area contributed by atoms with Crippen LogP contribution in [0.15, 0.2) is 58.8 Å². The highest BCUT2D eigenvalue weighted by atomic mass is 35.5. The van der Waals surface area contributed by atoms with Gasteiger partial charge in [0.15, 0.2) is 5.82 Å². The van der Waals surface area contributed by atoms with Gasteiger partial charge in [-0.25, -0.2) is 4.98 Å². The van der Waals surface area contributed by atoms with E-state index in [1.54, 1.807) is 18.2 Å². The Hall–Kier alpha value is -1.74. The summed E-state index contributed by atoms with van der Waals surface area (Å²) in [6, 6.07) is 14.7. The third-order valence-electron chi connectivity index (χ3n) is 1.72. The van der Waals surface area contributed by atoms with Crippen LogP contribution in [0.5, 0.6) is 0 Å². The number of benzene rings is 1. The zero-order valence-electron chi connectivity index (χ0n) is 7.84. The minimum Gasteiger partial charge on any atom is -0.215 e. The summed E-state index contributed by atoms with van der Waals surface area (Å²) in [5, 5.41) is 8.40. The van der Waals surface area contributed by atoms with Gasteiger partial charge in [-0.05, 0) is 24.3 Å². The van der Waals surface area contributed by atoms with Gasteiger partial charge in [0.2, 0.25) is 0 Å². The molecule has 0 aliphatic rings. The van der Waals surface area contributed by atoms with Crippen LogP contribution in [0.2, 0.25) is 5.15 Å². The van der Waals surface area contributed by atoms with E-state index in [-0.39, 0.29) is 0 Å². The lowest BCUT2D eigenvalue weighted by Gasteiger charge is -1.92. The number of hydrogen-bond donors (Lipinski definition) is 0. The molecule has 0 bridgehead atoms. The predicted octanol–water partition coefficient (Wildman–Crippen LogP) is 4.15. The summed E-state index contributed by atoms with van der Waals surface area (Å²) in [6.45, 7) is 0. The van der Waals surface area contributed by atoms with Gasteiger partial charge < -0.3 is 0 Å². The smallest absolute Gasteiger partial charge is 0.175 e. The number of pyridine rings is 1. The average molecular weight is 218 g/mol. The molecule has 0 saturated carbocycles. The Morgan fingerprint density at radius 2 is 1.67 bits per heavy atom. The maximum Gasteiger partial charge on any atom is 0.175 e. The molecule has 2 rings (SSSR count). The van der Waals surface area contributed by atoms with Gasteiger partial charge >= 0.3 is 0 Å². The predicted molar refractivity (Wildman–Crippen MR) is 59.9 cm³/mol. The molecule has 3 nitrogen and oxygen atoms in total. The minimum atomic E-state index is 0.416. The molecule has 0 amide bonds. The fourth-order valence-corrected chi connectivity index (χ4v) is 1.22. The van der Waals surface area contributed by atoms with Crippen molar-refractivity contribution in [1.82, 2.24) is 4.98 Å². The normalized spacial score (nSPS) is 10.7. The Bertz CT molecular complexity index is 468. The summed E-state index contributed by atoms with van der Waals surface area (Å²) in [4.78, 5) is 3.99. The lowest BCUT2D eigenvalue weighted by molar-refractivity contribution is 1.15. The van der Waals surface area contributed by atoms with Gasteiger partial charge in [0.1, 0.15) is 5.15 Å². The van der Waals surface area contributed by atoms with Gasteiger partial charge in [0, 0.05) is 0 Å². The van der Waals surface area contributed by atoms with Crippen LogP contribution in [-0.4, -0.2) is 4.98 Å². The number of rotatable bonds is 2. The number of halogens is 1. The van der Waals surface area contributed by atoms with Crippen molar-refractivity contribution in [3.63, 3.8) is 0 Å². The van der Waals surface area contributed by atoms with Crippen LogP contribution in [0.3, 0.4) is 0 Å². The maximum atomic E-state index is 5.71. The first-order valence-corrected chi connectivity index (χ1v) is 4.82. The molecule has 0 spiro atoms. The van der Waals surface area contributed by atoms with E-state index in [0.29, 0.717) is 11.0 Å². The monoisotopic (exact) mass is 217 g/mol. The Kier molecular flexibility index (Phi) is 3.05. The summed E-state index contributed by atoms with van der Waals surface area (Å²) in [5.41, 5.74) is 0.791. The van der Waals surface area contributed by atoms with Gasteiger partial charge in [-0.15, -0.1) is 10.2 Å². The molecule has 0 atom stereocenters. The summed E-state index contributed by atoms with van der Waals surface area (Å²) in [6.07, 6.45) is 0. The second-order valence-corrected chi connectivity index (χ2v) is 3.24. The SMILES string of the molecule is Clc1cccc(N=Nc2ccccc2)n1. The number of nitrogens with zero attached hydrogens (tertiary/aromatic N) is 3. The second kappa shape index (κ2) is 4.66. The van der Waals surface area contributed by atoms with Crippen LogP contribution in [0.4, 0.5) is 11.5 Å². The van der Waals surface area contributed by atoms with Crippen LogP contribution >= 0.6 is 11.6 Å². The highest BCUT2D eigenvalue weighted by Crippen LogP contribution is 2.17. The first kappa shape index (κ1) is 9.80. The largest absolute Gasteiger partial charge is 0.215 e. The highest BCUT2D eigenvalue weighted by Gasteiger charge is 1.92. The van der Waals surface area contributed by atoms with Gasteiger partial charge in [0.05, 0.1) is 5.69 Å². The molecule has 74 valence electrons. The summed E-state index contributed by atoms with van der Waals surface area (Å²) < 4.78 is 0.